The van der Waals surface area contributed by atoms with Crippen molar-refractivity contribution in [1.82, 2.24) is 31.9 Å². The van der Waals surface area contributed by atoms with Crippen LogP contribution >= 0.6 is 0 Å². The fourth-order valence-electron chi connectivity index (χ4n) is 7.07. The Labute approximate surface area is 493 Å². The largest absolute Gasteiger partial charge is 0.508 e. The van der Waals surface area contributed by atoms with Crippen molar-refractivity contribution in [2.24, 2.45) is 0 Å². The number of rotatable bonds is 25. The minimum Gasteiger partial charge on any atom is -0.508 e. The van der Waals surface area contributed by atoms with Gasteiger partial charge in [-0.3, -0.25) is 0 Å². The number of β-amino-alcohol motifs (C(OH)–C–C–N with tert-alkyl or cyclic N) is 1. The lowest BCUT2D eigenvalue weighted by molar-refractivity contribution is 0.163. The molecule has 18 heteroatoms. The zero-order chi connectivity index (χ0) is 62.2. The zero-order valence-electron chi connectivity index (χ0n) is 50.2. The van der Waals surface area contributed by atoms with Crippen LogP contribution in [0.1, 0.15) is 145 Å². The molecule has 0 aromatic heterocycles. The van der Waals surface area contributed by atoms with Gasteiger partial charge in [-0.05, 0) is 166 Å². The van der Waals surface area contributed by atoms with Gasteiger partial charge in [-0.25, -0.2) is 0 Å². The van der Waals surface area contributed by atoms with E-state index < -0.39 is 36.6 Å². The molecule has 6 atom stereocenters. The molecule has 0 aliphatic carbocycles. The second kappa shape index (κ2) is 43.3. The van der Waals surface area contributed by atoms with Crippen LogP contribution in [0.2, 0.25) is 0 Å². The second-order valence-corrected chi connectivity index (χ2v) is 21.0. The van der Waals surface area contributed by atoms with Crippen molar-refractivity contribution < 1.29 is 61.3 Å². The molecule has 0 aliphatic heterocycles. The summed E-state index contributed by atoms with van der Waals surface area (Å²) >= 11 is 0. The summed E-state index contributed by atoms with van der Waals surface area (Å²) in [5, 5.41) is 131. The number of likely N-dealkylation sites (N-methyl/N-ethyl adjacent to an activating group) is 2. The molecule has 0 heterocycles. The Morgan fingerprint density at radius 2 is 0.614 bits per heavy atom. The Morgan fingerprint density at radius 1 is 0.349 bits per heavy atom. The zero-order valence-corrected chi connectivity index (χ0v) is 50.2. The minimum absolute atomic E-state index is 0.00208. The maximum absolute atomic E-state index is 9.83. The van der Waals surface area contributed by atoms with Crippen molar-refractivity contribution in [3.05, 3.63) is 179 Å². The van der Waals surface area contributed by atoms with Crippen molar-refractivity contribution in [3.63, 3.8) is 0 Å². The fourth-order valence-corrected chi connectivity index (χ4v) is 7.07. The molecule has 6 aromatic carbocycles. The Kier molecular flexibility index (Phi) is 39.0. The van der Waals surface area contributed by atoms with Gasteiger partial charge in [0.25, 0.3) is 0 Å². The highest BCUT2D eigenvalue weighted by molar-refractivity contribution is 5.31. The van der Waals surface area contributed by atoms with Crippen LogP contribution in [0, 0.1) is 0 Å². The highest BCUT2D eigenvalue weighted by Crippen LogP contribution is 2.21. The van der Waals surface area contributed by atoms with E-state index in [4.69, 9.17) is 30.6 Å². The van der Waals surface area contributed by atoms with E-state index in [0.29, 0.717) is 45.3 Å². The Balaban J connectivity index is 0.000000499. The quantitative estimate of drug-likeness (QED) is 0.0240. The molecule has 0 aliphatic rings. The standard InChI is InChI=1S/2C12H19NO2.2C11H17NO2.C10H15NO2.C9H13NO2/c1-12(2,3)13-8-11(15)9-4-6-10(14)7-5-9;1-2-3-8-13-9-12(15)10-4-6-11(14)7-5-10;1-8(2)12-7-11(14)9-3-5-10(13)6-4-9;1-2-7-12-8-11(14)9-3-5-10(13)6-4-9;1-2-11-7-10(13)8-3-5-9(12)6-4-8;1-10-6-9(12)7-2-4-8(11)5-3-7/h4-7,11,13-15H,8H2,1-3H3;4-7,12-15H,2-3,8-9H2,1H3;3-6,8,11-14H,7H2,1-2H3;3-6,11-14H,2,7-8H2,1H3;3-6,10-13H,2,7H2,1H3;2-5,9-12H,6H2,1H3. The molecule has 6 rings (SSSR count). The van der Waals surface area contributed by atoms with Crippen LogP contribution < -0.4 is 31.9 Å². The van der Waals surface area contributed by atoms with E-state index in [1.807, 2.05) is 20.8 Å². The van der Waals surface area contributed by atoms with Gasteiger partial charge < -0.3 is 93.2 Å². The van der Waals surface area contributed by atoms with Crippen molar-refractivity contribution in [3.8, 4) is 34.5 Å². The number of unbranched alkanes of at least 4 members (excludes halogenated alkanes) is 1. The van der Waals surface area contributed by atoms with E-state index >= 15 is 0 Å². The summed E-state index contributed by atoms with van der Waals surface area (Å²) < 4.78 is 0. The smallest absolute Gasteiger partial charge is 0.115 e. The molecule has 0 amide bonds. The van der Waals surface area contributed by atoms with Crippen LogP contribution in [0.3, 0.4) is 0 Å². The first-order chi connectivity index (χ1) is 39.4. The molecule has 0 spiro atoms. The highest BCUT2D eigenvalue weighted by atomic mass is 16.3. The SMILES string of the molecule is CC(C)(C)NCC(O)c1ccc(O)cc1.CC(C)NCC(O)c1ccc(O)cc1.CCCCNCC(O)c1ccc(O)cc1.CCCNCC(O)c1ccc(O)cc1.CCNCC(O)c1ccc(O)cc1.CNCC(O)c1ccc(O)cc1. The van der Waals surface area contributed by atoms with E-state index in [1.54, 1.807) is 153 Å². The van der Waals surface area contributed by atoms with Crippen LogP contribution in [0.4, 0.5) is 0 Å². The van der Waals surface area contributed by atoms with E-state index in [2.05, 4.69) is 66.5 Å². The van der Waals surface area contributed by atoms with Crippen LogP contribution in [0.5, 0.6) is 34.5 Å². The van der Waals surface area contributed by atoms with Crippen LogP contribution in [0.25, 0.3) is 0 Å². The summed E-state index contributed by atoms with van der Waals surface area (Å²) in [5.74, 6) is 1.33. The molecule has 462 valence electrons. The predicted molar refractivity (Wildman–Crippen MR) is 333 cm³/mol. The van der Waals surface area contributed by atoms with Gasteiger partial charge in [0.15, 0.2) is 0 Å². The number of hydrogen-bond donors (Lipinski definition) is 18. The fraction of sp³-hybridized carbons (Fsp3) is 0.446. The minimum atomic E-state index is -0.537. The molecular weight excluding hydrogens is 1060 g/mol. The molecule has 6 unspecified atom stereocenters. The first-order valence-corrected chi connectivity index (χ1v) is 28.5. The molecule has 0 saturated carbocycles. The maximum Gasteiger partial charge on any atom is 0.115 e. The Hall–Kier alpha value is -6.36. The first-order valence-electron chi connectivity index (χ1n) is 28.5. The molecule has 18 nitrogen and oxygen atoms in total. The van der Waals surface area contributed by atoms with E-state index in [-0.39, 0.29) is 40.0 Å². The number of aliphatic hydroxyl groups excluding tert-OH is 6. The van der Waals surface area contributed by atoms with Gasteiger partial charge in [0.05, 0.1) is 36.6 Å². The van der Waals surface area contributed by atoms with Crippen molar-refractivity contribution in [2.75, 3.05) is 66.0 Å². The first kappa shape index (κ1) is 74.7. The summed E-state index contributed by atoms with van der Waals surface area (Å²) in [5.41, 5.74) is 4.90. The molecule has 0 fully saturated rings. The van der Waals surface area contributed by atoms with E-state index in [1.165, 1.54) is 0 Å². The van der Waals surface area contributed by atoms with Gasteiger partial charge in [-0.1, -0.05) is 114 Å². The van der Waals surface area contributed by atoms with E-state index in [9.17, 15) is 30.6 Å². The van der Waals surface area contributed by atoms with E-state index in [0.717, 1.165) is 72.3 Å². The van der Waals surface area contributed by atoms with Crippen molar-refractivity contribution in [1.29, 1.82) is 0 Å². The molecule has 0 saturated heterocycles. The van der Waals surface area contributed by atoms with Gasteiger partial charge in [0, 0.05) is 50.8 Å². The van der Waals surface area contributed by atoms with Crippen molar-refractivity contribution in [2.45, 2.75) is 123 Å². The van der Waals surface area contributed by atoms with Gasteiger partial charge in [-0.15, -0.1) is 0 Å². The lowest BCUT2D eigenvalue weighted by atomic mass is 10.1. The maximum atomic E-state index is 9.83. The molecule has 0 bridgehead atoms. The second-order valence-electron chi connectivity index (χ2n) is 21.0. The Morgan fingerprint density at radius 3 is 0.867 bits per heavy atom. The van der Waals surface area contributed by atoms with Gasteiger partial charge in [-0.2, -0.15) is 0 Å². The van der Waals surface area contributed by atoms with Crippen LogP contribution in [-0.2, 0) is 0 Å². The molecule has 6 aromatic rings. The van der Waals surface area contributed by atoms with Gasteiger partial charge >= 0.3 is 0 Å². The topological polar surface area (TPSA) is 315 Å². The normalized spacial score (nSPS) is 13.0. The summed E-state index contributed by atoms with van der Waals surface area (Å²) in [6, 6.07) is 40.0. The number of hydrogen-bond acceptors (Lipinski definition) is 18. The summed E-state index contributed by atoms with van der Waals surface area (Å²) in [4.78, 5) is 0. The number of aromatic hydroxyl groups is 6. The third-order valence-electron chi connectivity index (χ3n) is 12.0. The third-order valence-corrected chi connectivity index (χ3v) is 12.0. The molecule has 0 radical (unpaired) electrons. The molecule has 18 N–H and O–H groups in total. The van der Waals surface area contributed by atoms with Gasteiger partial charge in [0.2, 0.25) is 0 Å². The average molecular weight is 1160 g/mol. The van der Waals surface area contributed by atoms with Gasteiger partial charge in [0.1, 0.15) is 34.5 Å². The summed E-state index contributed by atoms with van der Waals surface area (Å²) in [6.45, 7) is 22.3. The lowest BCUT2D eigenvalue weighted by Gasteiger charge is -2.23. The van der Waals surface area contributed by atoms with Crippen molar-refractivity contribution >= 4 is 0 Å². The van der Waals surface area contributed by atoms with Crippen LogP contribution in [-0.4, -0.2) is 139 Å². The summed E-state index contributed by atoms with van der Waals surface area (Å²) in [7, 11) is 1.78. The average Bonchev–Trinajstić information content (AvgIpc) is 3.46. The Bertz CT molecular complexity index is 2480. The monoisotopic (exact) mass is 1160 g/mol. The predicted octanol–water partition coefficient (Wildman–Crippen LogP) is 8.16. The third kappa shape index (κ3) is 36.1. The number of nitrogens with one attached hydrogen (secondary N) is 6. The number of aliphatic hydroxyl groups is 6. The molecular formula is C65H100N6O12. The number of phenolic OH excluding ortho intramolecular Hbond substituents is 6. The summed E-state index contributed by atoms with van der Waals surface area (Å²) in [6.07, 6.45) is 0.288. The highest BCUT2D eigenvalue weighted by Gasteiger charge is 2.14. The lowest BCUT2D eigenvalue weighted by Crippen LogP contribution is -2.38. The molecule has 83 heavy (non-hydrogen) atoms. The number of benzene rings is 6. The number of phenols is 6. The van der Waals surface area contributed by atoms with Crippen LogP contribution in [0.15, 0.2) is 146 Å².